The Kier molecular flexibility index (Phi) is 3.20. The predicted octanol–water partition coefficient (Wildman–Crippen LogP) is 1.22. The average molecular weight is 312 g/mol. The highest BCUT2D eigenvalue weighted by Crippen LogP contribution is 2.41. The second kappa shape index (κ2) is 4.56. The minimum Gasteiger partial charge on any atom is -0.367 e. The highest BCUT2D eigenvalue weighted by molar-refractivity contribution is 8.14. The summed E-state index contributed by atoms with van der Waals surface area (Å²) in [5.74, 6) is 0. The van der Waals surface area contributed by atoms with Crippen LogP contribution in [0.1, 0.15) is 12.5 Å². The molecule has 0 aromatic heterocycles. The first-order chi connectivity index (χ1) is 9.31. The molecule has 3 rings (SSSR count). The smallest absolute Gasteiger partial charge is 0.243 e. The third kappa shape index (κ3) is 2.18. The summed E-state index contributed by atoms with van der Waals surface area (Å²) < 4.78 is 26.4. The van der Waals surface area contributed by atoms with Crippen molar-refractivity contribution in [2.24, 2.45) is 4.99 Å². The average Bonchev–Trinajstić information content (AvgIpc) is 2.80. The van der Waals surface area contributed by atoms with E-state index in [4.69, 9.17) is 0 Å². The van der Waals surface area contributed by atoms with Gasteiger partial charge < -0.3 is 5.11 Å². The molecule has 1 aromatic carbocycles. The van der Waals surface area contributed by atoms with Gasteiger partial charge in [0.1, 0.15) is 0 Å². The molecular formula is C13H16N2O3S2. The first-order valence-corrected chi connectivity index (χ1v) is 8.65. The van der Waals surface area contributed by atoms with Crippen LogP contribution in [0.4, 0.5) is 0 Å². The van der Waals surface area contributed by atoms with Crippen molar-refractivity contribution in [3.8, 4) is 0 Å². The van der Waals surface area contributed by atoms with Crippen LogP contribution in [0.3, 0.4) is 0 Å². The van der Waals surface area contributed by atoms with E-state index in [0.29, 0.717) is 0 Å². The maximum atomic E-state index is 12.6. The van der Waals surface area contributed by atoms with Crippen LogP contribution in [0.2, 0.25) is 0 Å². The normalized spacial score (nSPS) is 30.4. The van der Waals surface area contributed by atoms with E-state index in [2.05, 4.69) is 4.99 Å². The predicted molar refractivity (Wildman–Crippen MR) is 79.4 cm³/mol. The number of benzene rings is 1. The van der Waals surface area contributed by atoms with Gasteiger partial charge in [0.2, 0.25) is 10.0 Å². The zero-order valence-corrected chi connectivity index (χ0v) is 12.9. The minimum absolute atomic E-state index is 0.0260. The van der Waals surface area contributed by atoms with Crippen molar-refractivity contribution < 1.29 is 13.5 Å². The van der Waals surface area contributed by atoms with E-state index in [1.54, 1.807) is 24.3 Å². The summed E-state index contributed by atoms with van der Waals surface area (Å²) in [5, 5.41) is 11.0. The van der Waals surface area contributed by atoms with Crippen LogP contribution >= 0.6 is 11.8 Å². The highest BCUT2D eigenvalue weighted by atomic mass is 32.2. The molecule has 2 aliphatic rings. The molecule has 0 aliphatic carbocycles. The lowest BCUT2D eigenvalue weighted by Gasteiger charge is -2.18. The Balaban J connectivity index is 1.90. The molecule has 0 spiro atoms. The van der Waals surface area contributed by atoms with Crippen molar-refractivity contribution in [1.29, 1.82) is 0 Å². The fourth-order valence-corrected chi connectivity index (χ4v) is 5.31. The SMILES string of the molecule is CC1=N[C@]2(O)CN(S(=O)(=O)c3ccc(C)cc3)C[C@@H]2S1. The number of hydrogen-bond acceptors (Lipinski definition) is 5. The lowest BCUT2D eigenvalue weighted by molar-refractivity contribution is 0.0733. The van der Waals surface area contributed by atoms with Crippen molar-refractivity contribution >= 4 is 26.8 Å². The number of rotatable bonds is 2. The second-order valence-electron chi connectivity index (χ2n) is 5.23. The van der Waals surface area contributed by atoms with Gasteiger partial charge in [-0.25, -0.2) is 13.4 Å². The van der Waals surface area contributed by atoms with Gasteiger partial charge in [0.15, 0.2) is 5.72 Å². The van der Waals surface area contributed by atoms with Gasteiger partial charge in [-0.05, 0) is 26.0 Å². The quantitative estimate of drug-likeness (QED) is 0.891. The standard InChI is InChI=1S/C13H16N2O3S2/c1-9-3-5-11(6-4-9)20(17,18)15-7-12-13(16,8-15)14-10(2)19-12/h3-6,12,16H,7-8H2,1-2H3/t12-,13-/m0/s1. The molecule has 0 unspecified atom stereocenters. The third-order valence-electron chi connectivity index (χ3n) is 3.62. The number of sulfonamides is 1. The fourth-order valence-electron chi connectivity index (χ4n) is 2.54. The number of thioether (sulfide) groups is 1. The van der Waals surface area contributed by atoms with E-state index >= 15 is 0 Å². The van der Waals surface area contributed by atoms with E-state index in [9.17, 15) is 13.5 Å². The topological polar surface area (TPSA) is 70.0 Å². The van der Waals surface area contributed by atoms with Crippen molar-refractivity contribution in [3.05, 3.63) is 29.8 Å². The van der Waals surface area contributed by atoms with E-state index in [0.717, 1.165) is 10.6 Å². The second-order valence-corrected chi connectivity index (χ2v) is 8.56. The molecule has 7 heteroatoms. The van der Waals surface area contributed by atoms with Gasteiger partial charge in [0.25, 0.3) is 0 Å². The minimum atomic E-state index is -3.56. The highest BCUT2D eigenvalue weighted by Gasteiger charge is 2.52. The Morgan fingerprint density at radius 1 is 1.35 bits per heavy atom. The van der Waals surface area contributed by atoms with Crippen LogP contribution in [0.5, 0.6) is 0 Å². The summed E-state index contributed by atoms with van der Waals surface area (Å²) in [5.41, 5.74) is -0.261. The molecule has 1 N–H and O–H groups in total. The van der Waals surface area contributed by atoms with Gasteiger partial charge in [0.05, 0.1) is 21.7 Å². The Bertz CT molecular complexity index is 669. The van der Waals surface area contributed by atoms with Crippen LogP contribution in [0.15, 0.2) is 34.2 Å². The van der Waals surface area contributed by atoms with Gasteiger partial charge >= 0.3 is 0 Å². The van der Waals surface area contributed by atoms with Crippen LogP contribution in [-0.4, -0.2) is 46.9 Å². The Labute approximate surface area is 122 Å². The Morgan fingerprint density at radius 2 is 2.00 bits per heavy atom. The zero-order valence-electron chi connectivity index (χ0n) is 11.3. The van der Waals surface area contributed by atoms with Crippen LogP contribution < -0.4 is 0 Å². The van der Waals surface area contributed by atoms with E-state index in [-0.39, 0.29) is 23.2 Å². The fraction of sp³-hybridized carbons (Fsp3) is 0.462. The first kappa shape index (κ1) is 14.1. The summed E-state index contributed by atoms with van der Waals surface area (Å²) in [6.07, 6.45) is 0. The molecule has 5 nitrogen and oxygen atoms in total. The van der Waals surface area contributed by atoms with Crippen LogP contribution in [0.25, 0.3) is 0 Å². The lowest BCUT2D eigenvalue weighted by Crippen LogP contribution is -2.36. The van der Waals surface area contributed by atoms with E-state index in [1.165, 1.54) is 16.1 Å². The summed E-state index contributed by atoms with van der Waals surface area (Å²) in [6.45, 7) is 4.06. The molecule has 2 heterocycles. The summed E-state index contributed by atoms with van der Waals surface area (Å²) >= 11 is 1.45. The van der Waals surface area contributed by atoms with Crippen LogP contribution in [-0.2, 0) is 10.0 Å². The summed E-state index contributed by atoms with van der Waals surface area (Å²) in [6, 6.07) is 6.75. The lowest BCUT2D eigenvalue weighted by atomic mass is 10.2. The number of fused-ring (bicyclic) bond motifs is 1. The summed E-state index contributed by atoms with van der Waals surface area (Å²) in [4.78, 5) is 4.44. The maximum Gasteiger partial charge on any atom is 0.243 e. The third-order valence-corrected chi connectivity index (χ3v) is 6.69. The summed E-state index contributed by atoms with van der Waals surface area (Å²) in [7, 11) is -3.56. The molecule has 2 aliphatic heterocycles. The molecule has 1 fully saturated rings. The molecule has 0 bridgehead atoms. The molecule has 0 saturated carbocycles. The van der Waals surface area contributed by atoms with E-state index in [1.807, 2.05) is 13.8 Å². The number of aliphatic hydroxyl groups is 1. The molecule has 2 atom stereocenters. The molecular weight excluding hydrogens is 296 g/mol. The molecule has 108 valence electrons. The van der Waals surface area contributed by atoms with Crippen LogP contribution in [0, 0.1) is 6.92 Å². The van der Waals surface area contributed by atoms with Gasteiger partial charge in [-0.3, -0.25) is 0 Å². The molecule has 0 radical (unpaired) electrons. The number of aryl methyl sites for hydroxylation is 1. The van der Waals surface area contributed by atoms with Crippen molar-refractivity contribution in [1.82, 2.24) is 4.31 Å². The monoisotopic (exact) mass is 312 g/mol. The number of hydrogen-bond donors (Lipinski definition) is 1. The van der Waals surface area contributed by atoms with E-state index < -0.39 is 15.7 Å². The van der Waals surface area contributed by atoms with Crippen molar-refractivity contribution in [3.63, 3.8) is 0 Å². The van der Waals surface area contributed by atoms with Gasteiger partial charge in [-0.15, -0.1) is 11.8 Å². The first-order valence-electron chi connectivity index (χ1n) is 6.33. The van der Waals surface area contributed by atoms with Gasteiger partial charge in [-0.2, -0.15) is 4.31 Å². The molecule has 0 amide bonds. The largest absolute Gasteiger partial charge is 0.367 e. The van der Waals surface area contributed by atoms with Crippen molar-refractivity contribution in [2.75, 3.05) is 13.1 Å². The van der Waals surface area contributed by atoms with Crippen molar-refractivity contribution in [2.45, 2.75) is 29.7 Å². The molecule has 20 heavy (non-hydrogen) atoms. The molecule has 1 aromatic rings. The Hall–Kier alpha value is -0.890. The van der Waals surface area contributed by atoms with Gasteiger partial charge in [-0.1, -0.05) is 17.7 Å². The maximum absolute atomic E-state index is 12.6. The number of nitrogens with zero attached hydrogens (tertiary/aromatic N) is 2. The van der Waals surface area contributed by atoms with Gasteiger partial charge in [0, 0.05) is 6.54 Å². The molecule has 1 saturated heterocycles. The Morgan fingerprint density at radius 3 is 2.60 bits per heavy atom. The zero-order chi connectivity index (χ0) is 14.5. The number of β-amino-alcohol motifs (C(OH)–C–C–N with tert-alkyl or cyclic N) is 1. The number of aliphatic imine (C=N–C) groups is 1.